The number of thiazole rings is 1. The molecule has 0 spiro atoms. The minimum Gasteiger partial charge on any atom is -0.485 e. The Labute approximate surface area is 151 Å². The van der Waals surface area contributed by atoms with Gasteiger partial charge in [0.2, 0.25) is 0 Å². The summed E-state index contributed by atoms with van der Waals surface area (Å²) in [7, 11) is 0. The molecule has 3 rings (SSSR count). The van der Waals surface area contributed by atoms with E-state index in [1.165, 1.54) is 16.9 Å². The standard InChI is InChI=1S/C20H20N2O2S/c1-13-8-14(2)20(15(3)9-13)24-11-16(23)10-19-22-18(12-25-19)17-6-4-5-7-21-17/h4-9,12H,10-11H2,1-3H3. The lowest BCUT2D eigenvalue weighted by Gasteiger charge is -2.12. The third kappa shape index (κ3) is 4.31. The van der Waals surface area contributed by atoms with Gasteiger partial charge < -0.3 is 4.74 Å². The summed E-state index contributed by atoms with van der Waals surface area (Å²) < 4.78 is 5.76. The molecule has 1 aromatic carbocycles. The molecule has 4 nitrogen and oxygen atoms in total. The molecule has 5 heteroatoms. The van der Waals surface area contributed by atoms with Crippen molar-refractivity contribution in [2.75, 3.05) is 6.61 Å². The number of hydrogen-bond donors (Lipinski definition) is 0. The van der Waals surface area contributed by atoms with Gasteiger partial charge in [0.25, 0.3) is 0 Å². The summed E-state index contributed by atoms with van der Waals surface area (Å²) in [5.41, 5.74) is 4.92. The van der Waals surface area contributed by atoms with E-state index < -0.39 is 0 Å². The zero-order valence-electron chi connectivity index (χ0n) is 14.6. The van der Waals surface area contributed by atoms with E-state index in [2.05, 4.69) is 29.0 Å². The number of pyridine rings is 1. The minimum atomic E-state index is 0.0151. The van der Waals surface area contributed by atoms with Gasteiger partial charge in [-0.3, -0.25) is 9.78 Å². The molecular weight excluding hydrogens is 332 g/mol. The van der Waals surface area contributed by atoms with Crippen LogP contribution in [0.3, 0.4) is 0 Å². The number of aryl methyl sites for hydroxylation is 3. The Morgan fingerprint density at radius 2 is 1.88 bits per heavy atom. The SMILES string of the molecule is Cc1cc(C)c(OCC(=O)Cc2nc(-c3ccccn3)cs2)c(C)c1. The van der Waals surface area contributed by atoms with E-state index in [-0.39, 0.29) is 18.8 Å². The molecule has 2 aromatic heterocycles. The fourth-order valence-corrected chi connectivity index (χ4v) is 3.61. The molecule has 0 aliphatic rings. The Hall–Kier alpha value is -2.53. The average Bonchev–Trinajstić information content (AvgIpc) is 3.03. The van der Waals surface area contributed by atoms with Gasteiger partial charge in [-0.15, -0.1) is 11.3 Å². The van der Waals surface area contributed by atoms with E-state index in [0.29, 0.717) is 0 Å². The van der Waals surface area contributed by atoms with Crippen molar-refractivity contribution < 1.29 is 9.53 Å². The second-order valence-corrected chi connectivity index (χ2v) is 7.02. The first kappa shape index (κ1) is 17.3. The number of aromatic nitrogens is 2. The van der Waals surface area contributed by atoms with Gasteiger partial charge in [-0.05, 0) is 44.0 Å². The average molecular weight is 352 g/mol. The zero-order valence-corrected chi connectivity index (χ0v) is 15.4. The number of hydrogen-bond acceptors (Lipinski definition) is 5. The van der Waals surface area contributed by atoms with Gasteiger partial charge in [-0.25, -0.2) is 4.98 Å². The normalized spacial score (nSPS) is 10.7. The van der Waals surface area contributed by atoms with Crippen LogP contribution >= 0.6 is 11.3 Å². The Morgan fingerprint density at radius 1 is 1.12 bits per heavy atom. The monoisotopic (exact) mass is 352 g/mol. The molecule has 0 amide bonds. The summed E-state index contributed by atoms with van der Waals surface area (Å²) in [5.74, 6) is 0.813. The highest BCUT2D eigenvalue weighted by Gasteiger charge is 2.12. The van der Waals surface area contributed by atoms with Gasteiger partial charge in [-0.2, -0.15) is 0 Å². The Bertz CT molecular complexity index is 865. The highest BCUT2D eigenvalue weighted by molar-refractivity contribution is 7.10. The molecule has 0 saturated carbocycles. The number of carbonyl (C=O) groups is 1. The molecule has 0 radical (unpaired) electrons. The van der Waals surface area contributed by atoms with Crippen LogP contribution in [0.15, 0.2) is 41.9 Å². The van der Waals surface area contributed by atoms with Crippen molar-refractivity contribution in [2.45, 2.75) is 27.2 Å². The van der Waals surface area contributed by atoms with Gasteiger partial charge in [0, 0.05) is 11.6 Å². The van der Waals surface area contributed by atoms with Gasteiger partial charge >= 0.3 is 0 Å². The smallest absolute Gasteiger partial charge is 0.176 e. The third-order valence-electron chi connectivity index (χ3n) is 3.81. The molecule has 25 heavy (non-hydrogen) atoms. The van der Waals surface area contributed by atoms with Crippen molar-refractivity contribution in [3.8, 4) is 17.1 Å². The maximum atomic E-state index is 12.2. The first-order valence-corrected chi connectivity index (χ1v) is 8.99. The van der Waals surface area contributed by atoms with Crippen molar-refractivity contribution in [1.29, 1.82) is 0 Å². The largest absolute Gasteiger partial charge is 0.485 e. The number of ether oxygens (including phenoxy) is 1. The number of carbonyl (C=O) groups excluding carboxylic acids is 1. The van der Waals surface area contributed by atoms with E-state index in [1.807, 2.05) is 37.4 Å². The van der Waals surface area contributed by atoms with Crippen LogP contribution in [-0.2, 0) is 11.2 Å². The predicted molar refractivity (Wildman–Crippen MR) is 100 cm³/mol. The molecule has 2 heterocycles. The highest BCUT2D eigenvalue weighted by atomic mass is 32.1. The number of nitrogens with zero attached hydrogens (tertiary/aromatic N) is 2. The fraction of sp³-hybridized carbons (Fsp3) is 0.250. The van der Waals surface area contributed by atoms with Crippen LogP contribution in [0.4, 0.5) is 0 Å². The second-order valence-electron chi connectivity index (χ2n) is 6.07. The van der Waals surface area contributed by atoms with Crippen LogP contribution in [0.5, 0.6) is 5.75 Å². The molecule has 0 N–H and O–H groups in total. The molecule has 0 unspecified atom stereocenters. The van der Waals surface area contributed by atoms with Crippen LogP contribution in [0.25, 0.3) is 11.4 Å². The summed E-state index contributed by atoms with van der Waals surface area (Å²) in [6.45, 7) is 6.11. The van der Waals surface area contributed by atoms with E-state index >= 15 is 0 Å². The molecular formula is C20H20N2O2S. The summed E-state index contributed by atoms with van der Waals surface area (Å²) in [6, 6.07) is 9.82. The summed E-state index contributed by atoms with van der Waals surface area (Å²) >= 11 is 1.48. The number of ketones is 1. The van der Waals surface area contributed by atoms with Gasteiger partial charge in [0.15, 0.2) is 5.78 Å². The van der Waals surface area contributed by atoms with Crippen molar-refractivity contribution in [2.24, 2.45) is 0 Å². The minimum absolute atomic E-state index is 0.0151. The van der Waals surface area contributed by atoms with Gasteiger partial charge in [-0.1, -0.05) is 23.8 Å². The van der Waals surface area contributed by atoms with Crippen molar-refractivity contribution in [1.82, 2.24) is 9.97 Å². The van der Waals surface area contributed by atoms with Crippen molar-refractivity contribution in [3.63, 3.8) is 0 Å². The predicted octanol–water partition coefficient (Wildman–Crippen LogP) is 4.32. The quantitative estimate of drug-likeness (QED) is 0.663. The second kappa shape index (κ2) is 7.57. The molecule has 0 aliphatic carbocycles. The van der Waals surface area contributed by atoms with Crippen LogP contribution in [0, 0.1) is 20.8 Å². The maximum Gasteiger partial charge on any atom is 0.176 e. The molecule has 0 saturated heterocycles. The molecule has 3 aromatic rings. The Morgan fingerprint density at radius 3 is 2.56 bits per heavy atom. The van der Waals surface area contributed by atoms with Crippen molar-refractivity contribution >= 4 is 17.1 Å². The molecule has 0 fully saturated rings. The topological polar surface area (TPSA) is 52.1 Å². The van der Waals surface area contributed by atoms with E-state index in [4.69, 9.17) is 4.74 Å². The molecule has 0 atom stereocenters. The van der Waals surface area contributed by atoms with E-state index in [1.54, 1.807) is 6.20 Å². The number of benzene rings is 1. The lowest BCUT2D eigenvalue weighted by atomic mass is 10.1. The first-order chi connectivity index (χ1) is 12.0. The summed E-state index contributed by atoms with van der Waals surface area (Å²) in [5, 5.41) is 2.71. The fourth-order valence-electron chi connectivity index (χ4n) is 2.79. The Kier molecular flexibility index (Phi) is 5.24. The third-order valence-corrected chi connectivity index (χ3v) is 4.66. The van der Waals surface area contributed by atoms with Crippen LogP contribution in [-0.4, -0.2) is 22.4 Å². The highest BCUT2D eigenvalue weighted by Crippen LogP contribution is 2.25. The summed E-state index contributed by atoms with van der Waals surface area (Å²) in [6.07, 6.45) is 2.01. The lowest BCUT2D eigenvalue weighted by Crippen LogP contribution is -2.14. The summed E-state index contributed by atoms with van der Waals surface area (Å²) in [4.78, 5) is 21.0. The van der Waals surface area contributed by atoms with Gasteiger partial charge in [0.1, 0.15) is 17.4 Å². The maximum absolute atomic E-state index is 12.2. The zero-order chi connectivity index (χ0) is 17.8. The number of Topliss-reactive ketones (excluding diaryl/α,β-unsaturated/α-hetero) is 1. The van der Waals surface area contributed by atoms with E-state index in [0.717, 1.165) is 33.3 Å². The van der Waals surface area contributed by atoms with Crippen LogP contribution in [0.1, 0.15) is 21.7 Å². The molecule has 0 aliphatic heterocycles. The molecule has 128 valence electrons. The van der Waals surface area contributed by atoms with Crippen LogP contribution < -0.4 is 4.74 Å². The molecule has 0 bridgehead atoms. The number of rotatable bonds is 6. The Balaban J connectivity index is 1.61. The lowest BCUT2D eigenvalue weighted by molar-refractivity contribution is -0.120. The first-order valence-electron chi connectivity index (χ1n) is 8.11. The van der Waals surface area contributed by atoms with Crippen molar-refractivity contribution in [3.05, 3.63) is 63.6 Å². The van der Waals surface area contributed by atoms with E-state index in [9.17, 15) is 4.79 Å². The van der Waals surface area contributed by atoms with Gasteiger partial charge in [0.05, 0.1) is 17.8 Å². The van der Waals surface area contributed by atoms with Crippen LogP contribution in [0.2, 0.25) is 0 Å².